The van der Waals surface area contributed by atoms with E-state index in [9.17, 15) is 4.39 Å². The standard InChI is InChI=1S/C26H28FIO2/c1-15(2)19-13-17(18-9-7-8-10-21(18)27)14-20(16(3)4)24(19)25-22(29-5)11-12-23(30-6)26(25)28/h7-16H,1-6H3. The van der Waals surface area contributed by atoms with E-state index in [1.807, 2.05) is 24.3 Å². The summed E-state index contributed by atoms with van der Waals surface area (Å²) in [6, 6.07) is 15.1. The van der Waals surface area contributed by atoms with Crippen LogP contribution in [0.2, 0.25) is 0 Å². The summed E-state index contributed by atoms with van der Waals surface area (Å²) < 4.78 is 27.0. The maximum Gasteiger partial charge on any atom is 0.133 e. The van der Waals surface area contributed by atoms with Gasteiger partial charge in [0, 0.05) is 11.1 Å². The molecular weight excluding hydrogens is 490 g/mol. The van der Waals surface area contributed by atoms with E-state index in [-0.39, 0.29) is 17.7 Å². The number of benzene rings is 3. The average Bonchev–Trinajstić information content (AvgIpc) is 2.73. The van der Waals surface area contributed by atoms with Crippen LogP contribution >= 0.6 is 22.6 Å². The van der Waals surface area contributed by atoms with Crippen molar-refractivity contribution in [2.45, 2.75) is 39.5 Å². The zero-order chi connectivity index (χ0) is 22.0. The molecule has 158 valence electrons. The van der Waals surface area contributed by atoms with Crippen LogP contribution in [0.4, 0.5) is 4.39 Å². The van der Waals surface area contributed by atoms with Gasteiger partial charge in [0.05, 0.1) is 17.8 Å². The van der Waals surface area contributed by atoms with Crippen LogP contribution in [0.1, 0.15) is 50.7 Å². The molecule has 0 unspecified atom stereocenters. The molecule has 0 N–H and O–H groups in total. The van der Waals surface area contributed by atoms with E-state index in [1.54, 1.807) is 20.3 Å². The molecule has 0 atom stereocenters. The van der Waals surface area contributed by atoms with Crippen molar-refractivity contribution < 1.29 is 13.9 Å². The SMILES string of the molecule is COc1ccc(OC)c(-c2c(C(C)C)cc(-c3ccccc3F)cc2C(C)C)c1I. The maximum absolute atomic E-state index is 14.6. The Morgan fingerprint density at radius 2 is 1.30 bits per heavy atom. The summed E-state index contributed by atoms with van der Waals surface area (Å²) in [6.07, 6.45) is 0. The number of hydrogen-bond donors (Lipinski definition) is 0. The quantitative estimate of drug-likeness (QED) is 0.308. The lowest BCUT2D eigenvalue weighted by atomic mass is 9.82. The van der Waals surface area contributed by atoms with Crippen LogP contribution in [-0.2, 0) is 0 Å². The van der Waals surface area contributed by atoms with E-state index >= 15 is 0 Å². The third kappa shape index (κ3) is 4.20. The van der Waals surface area contributed by atoms with Gasteiger partial charge in [0.25, 0.3) is 0 Å². The Bertz CT molecular complexity index is 1030. The van der Waals surface area contributed by atoms with Gasteiger partial charge in [-0.2, -0.15) is 0 Å². The van der Waals surface area contributed by atoms with Crippen LogP contribution in [0.15, 0.2) is 48.5 Å². The summed E-state index contributed by atoms with van der Waals surface area (Å²) in [6.45, 7) is 8.70. The molecule has 0 spiro atoms. The summed E-state index contributed by atoms with van der Waals surface area (Å²) in [5.41, 5.74) is 6.05. The molecule has 30 heavy (non-hydrogen) atoms. The Morgan fingerprint density at radius 1 is 0.767 bits per heavy atom. The zero-order valence-electron chi connectivity index (χ0n) is 18.3. The Hall–Kier alpha value is -2.08. The van der Waals surface area contributed by atoms with Gasteiger partial charge in [-0.25, -0.2) is 4.39 Å². The van der Waals surface area contributed by atoms with Gasteiger partial charge in [0.1, 0.15) is 17.3 Å². The highest BCUT2D eigenvalue weighted by Gasteiger charge is 2.24. The fraction of sp³-hybridized carbons (Fsp3) is 0.308. The predicted molar refractivity (Wildman–Crippen MR) is 131 cm³/mol. The van der Waals surface area contributed by atoms with Gasteiger partial charge >= 0.3 is 0 Å². The molecule has 3 rings (SSSR count). The Balaban J connectivity index is 2.43. The van der Waals surface area contributed by atoms with E-state index in [0.717, 1.165) is 31.8 Å². The first-order valence-electron chi connectivity index (χ1n) is 10.1. The highest BCUT2D eigenvalue weighted by atomic mass is 127. The zero-order valence-corrected chi connectivity index (χ0v) is 20.5. The topological polar surface area (TPSA) is 18.5 Å². The van der Waals surface area contributed by atoms with Crippen molar-refractivity contribution in [3.63, 3.8) is 0 Å². The monoisotopic (exact) mass is 518 g/mol. The van der Waals surface area contributed by atoms with E-state index in [1.165, 1.54) is 17.2 Å². The smallest absolute Gasteiger partial charge is 0.133 e. The summed E-state index contributed by atoms with van der Waals surface area (Å²) in [4.78, 5) is 0. The Kier molecular flexibility index (Phi) is 7.06. The highest BCUT2D eigenvalue weighted by molar-refractivity contribution is 14.1. The van der Waals surface area contributed by atoms with Crippen molar-refractivity contribution in [1.29, 1.82) is 0 Å². The van der Waals surface area contributed by atoms with Crippen LogP contribution in [-0.4, -0.2) is 14.2 Å². The molecule has 0 heterocycles. The van der Waals surface area contributed by atoms with Crippen molar-refractivity contribution in [3.8, 4) is 33.8 Å². The molecule has 3 aromatic rings. The predicted octanol–water partition coefficient (Wildman–Crippen LogP) is 8.03. The van der Waals surface area contributed by atoms with Crippen molar-refractivity contribution in [2.75, 3.05) is 14.2 Å². The lowest BCUT2D eigenvalue weighted by Gasteiger charge is -2.25. The first-order valence-corrected chi connectivity index (χ1v) is 11.2. The molecule has 0 saturated carbocycles. The minimum absolute atomic E-state index is 0.205. The summed E-state index contributed by atoms with van der Waals surface area (Å²) in [7, 11) is 3.38. The Morgan fingerprint density at radius 3 is 1.80 bits per heavy atom. The molecule has 4 heteroatoms. The van der Waals surface area contributed by atoms with Crippen LogP contribution in [0.25, 0.3) is 22.3 Å². The van der Waals surface area contributed by atoms with Gasteiger partial charge < -0.3 is 9.47 Å². The molecule has 2 nitrogen and oxygen atoms in total. The molecule has 0 amide bonds. The van der Waals surface area contributed by atoms with E-state index in [0.29, 0.717) is 5.56 Å². The lowest BCUT2D eigenvalue weighted by molar-refractivity contribution is 0.402. The molecule has 0 radical (unpaired) electrons. The van der Waals surface area contributed by atoms with Crippen LogP contribution in [0.5, 0.6) is 11.5 Å². The van der Waals surface area contributed by atoms with E-state index in [4.69, 9.17) is 9.47 Å². The fourth-order valence-electron chi connectivity index (χ4n) is 3.84. The van der Waals surface area contributed by atoms with Gasteiger partial charge in [-0.15, -0.1) is 0 Å². The van der Waals surface area contributed by atoms with Gasteiger partial charge in [-0.05, 0) is 74.9 Å². The first kappa shape index (κ1) is 22.6. The summed E-state index contributed by atoms with van der Waals surface area (Å²) in [5, 5.41) is 0. The largest absolute Gasteiger partial charge is 0.496 e. The molecule has 0 saturated heterocycles. The van der Waals surface area contributed by atoms with Gasteiger partial charge in [-0.3, -0.25) is 0 Å². The Labute approximate surface area is 192 Å². The third-order valence-corrected chi connectivity index (χ3v) is 6.46. The van der Waals surface area contributed by atoms with E-state index < -0.39 is 0 Å². The molecule has 0 aliphatic carbocycles. The van der Waals surface area contributed by atoms with Crippen LogP contribution in [0, 0.1) is 9.39 Å². The first-order chi connectivity index (χ1) is 14.3. The maximum atomic E-state index is 14.6. The van der Waals surface area contributed by atoms with Crippen molar-refractivity contribution >= 4 is 22.6 Å². The van der Waals surface area contributed by atoms with Gasteiger partial charge in [0.15, 0.2) is 0 Å². The molecule has 0 aliphatic rings. The number of ether oxygens (including phenoxy) is 2. The molecule has 3 aromatic carbocycles. The molecule has 0 aliphatic heterocycles. The van der Waals surface area contributed by atoms with Gasteiger partial charge in [-0.1, -0.05) is 58.0 Å². The summed E-state index contributed by atoms with van der Waals surface area (Å²) in [5.74, 6) is 1.91. The molecule has 0 bridgehead atoms. The van der Waals surface area contributed by atoms with Crippen LogP contribution < -0.4 is 9.47 Å². The summed E-state index contributed by atoms with van der Waals surface area (Å²) >= 11 is 2.33. The average molecular weight is 518 g/mol. The molecule has 0 fully saturated rings. The van der Waals surface area contributed by atoms with E-state index in [2.05, 4.69) is 62.4 Å². The number of hydrogen-bond acceptors (Lipinski definition) is 2. The number of methoxy groups -OCH3 is 2. The minimum Gasteiger partial charge on any atom is -0.496 e. The molecule has 0 aromatic heterocycles. The van der Waals surface area contributed by atoms with Gasteiger partial charge in [0.2, 0.25) is 0 Å². The number of halogens is 2. The second-order valence-corrected chi connectivity index (χ2v) is 9.06. The highest BCUT2D eigenvalue weighted by Crippen LogP contribution is 2.47. The van der Waals surface area contributed by atoms with Crippen molar-refractivity contribution in [1.82, 2.24) is 0 Å². The fourth-order valence-corrected chi connectivity index (χ4v) is 4.77. The van der Waals surface area contributed by atoms with Crippen LogP contribution in [0.3, 0.4) is 0 Å². The third-order valence-electron chi connectivity index (χ3n) is 5.39. The normalized spacial score (nSPS) is 11.3. The van der Waals surface area contributed by atoms with Crippen molar-refractivity contribution in [2.24, 2.45) is 0 Å². The second-order valence-electron chi connectivity index (χ2n) is 7.98. The number of rotatable bonds is 6. The molecular formula is C26H28FIO2. The van der Waals surface area contributed by atoms with Crippen molar-refractivity contribution in [3.05, 3.63) is 69.0 Å². The lowest BCUT2D eigenvalue weighted by Crippen LogP contribution is -2.05. The second kappa shape index (κ2) is 9.38. The minimum atomic E-state index is -0.205.